The van der Waals surface area contributed by atoms with E-state index < -0.39 is 11.9 Å². The number of carboxylic acids is 1. The van der Waals surface area contributed by atoms with Crippen LogP contribution in [0.15, 0.2) is 30.3 Å². The van der Waals surface area contributed by atoms with Crippen molar-refractivity contribution in [2.75, 3.05) is 5.32 Å². The molecular weight excluding hydrogens is 348 g/mol. The lowest BCUT2D eigenvalue weighted by Gasteiger charge is -2.12. The first-order valence-corrected chi connectivity index (χ1v) is 7.01. The molecule has 0 saturated heterocycles. The van der Waals surface area contributed by atoms with Crippen LogP contribution in [-0.4, -0.2) is 17.0 Å². The average molecular weight is 358 g/mol. The van der Waals surface area contributed by atoms with Gasteiger partial charge in [0.2, 0.25) is 0 Å². The average Bonchev–Trinajstić information content (AvgIpc) is 2.46. The van der Waals surface area contributed by atoms with E-state index in [0.717, 1.165) is 0 Å². The summed E-state index contributed by atoms with van der Waals surface area (Å²) in [5.74, 6) is -2.80. The minimum absolute atomic E-state index is 0.0557. The standard InChI is InChI=1S/C15H10Cl2FNO4/c1-7-4-9(2-3-12(7)18)23-13-10(16)5-8(6-11(13)17)19-14(20)15(21)22/h2-6H,1H3,(H,19,20)(H,21,22). The molecule has 0 heterocycles. The normalized spacial score (nSPS) is 10.3. The van der Waals surface area contributed by atoms with Crippen molar-refractivity contribution >= 4 is 40.8 Å². The van der Waals surface area contributed by atoms with Crippen LogP contribution in [0.3, 0.4) is 0 Å². The van der Waals surface area contributed by atoms with Crippen molar-refractivity contribution in [2.24, 2.45) is 0 Å². The molecular formula is C15H10Cl2FNO4. The van der Waals surface area contributed by atoms with Gasteiger partial charge in [0.05, 0.1) is 10.0 Å². The molecule has 0 aliphatic rings. The Morgan fingerprint density at radius 2 is 1.78 bits per heavy atom. The third kappa shape index (κ3) is 4.12. The third-order valence-electron chi connectivity index (χ3n) is 2.80. The van der Waals surface area contributed by atoms with Gasteiger partial charge in [0.1, 0.15) is 11.6 Å². The van der Waals surface area contributed by atoms with Gasteiger partial charge in [0.25, 0.3) is 0 Å². The summed E-state index contributed by atoms with van der Waals surface area (Å²) in [6.45, 7) is 1.58. The Hall–Kier alpha value is -2.31. The van der Waals surface area contributed by atoms with E-state index >= 15 is 0 Å². The van der Waals surface area contributed by atoms with Crippen LogP contribution in [0, 0.1) is 12.7 Å². The molecule has 2 aromatic rings. The molecule has 8 heteroatoms. The number of hydrogen-bond donors (Lipinski definition) is 2. The van der Waals surface area contributed by atoms with Crippen LogP contribution in [0.25, 0.3) is 0 Å². The zero-order valence-electron chi connectivity index (χ0n) is 11.7. The van der Waals surface area contributed by atoms with Crippen LogP contribution in [-0.2, 0) is 9.59 Å². The number of amides is 1. The van der Waals surface area contributed by atoms with E-state index in [-0.39, 0.29) is 27.3 Å². The quantitative estimate of drug-likeness (QED) is 0.804. The molecule has 120 valence electrons. The van der Waals surface area contributed by atoms with Crippen LogP contribution >= 0.6 is 23.2 Å². The molecule has 1 amide bonds. The number of aryl methyl sites for hydroxylation is 1. The lowest BCUT2D eigenvalue weighted by atomic mass is 10.2. The Morgan fingerprint density at radius 3 is 2.30 bits per heavy atom. The van der Waals surface area contributed by atoms with Crippen molar-refractivity contribution in [3.05, 3.63) is 51.8 Å². The molecule has 2 N–H and O–H groups in total. The van der Waals surface area contributed by atoms with Gasteiger partial charge in [-0.25, -0.2) is 9.18 Å². The second kappa shape index (κ2) is 6.85. The van der Waals surface area contributed by atoms with E-state index in [1.807, 2.05) is 0 Å². The second-order valence-electron chi connectivity index (χ2n) is 4.54. The first kappa shape index (κ1) is 17.1. The fraction of sp³-hybridized carbons (Fsp3) is 0.0667. The Kier molecular flexibility index (Phi) is 5.08. The largest absolute Gasteiger partial charge is 0.474 e. The molecule has 0 bridgehead atoms. The fourth-order valence-electron chi connectivity index (χ4n) is 1.71. The van der Waals surface area contributed by atoms with Gasteiger partial charge < -0.3 is 15.2 Å². The highest BCUT2D eigenvalue weighted by Crippen LogP contribution is 2.39. The highest BCUT2D eigenvalue weighted by atomic mass is 35.5. The van der Waals surface area contributed by atoms with Gasteiger partial charge in [-0.2, -0.15) is 0 Å². The number of aliphatic carboxylic acids is 1. The van der Waals surface area contributed by atoms with Crippen molar-refractivity contribution in [1.82, 2.24) is 0 Å². The Bertz CT molecular complexity index is 772. The van der Waals surface area contributed by atoms with E-state index in [9.17, 15) is 14.0 Å². The molecule has 0 fully saturated rings. The number of carbonyl (C=O) groups excluding carboxylic acids is 1. The molecule has 0 aliphatic heterocycles. The third-order valence-corrected chi connectivity index (χ3v) is 3.36. The number of nitrogens with one attached hydrogen (secondary N) is 1. The van der Waals surface area contributed by atoms with Crippen molar-refractivity contribution in [3.63, 3.8) is 0 Å². The lowest BCUT2D eigenvalue weighted by molar-refractivity contribution is -0.147. The molecule has 2 aromatic carbocycles. The molecule has 0 aliphatic carbocycles. The molecule has 0 aromatic heterocycles. The number of rotatable bonds is 3. The predicted molar refractivity (Wildman–Crippen MR) is 83.9 cm³/mol. The van der Waals surface area contributed by atoms with Crippen LogP contribution in [0.2, 0.25) is 10.0 Å². The van der Waals surface area contributed by atoms with Crippen LogP contribution < -0.4 is 10.1 Å². The Labute approximate surface area is 140 Å². The molecule has 0 spiro atoms. The topological polar surface area (TPSA) is 75.6 Å². The molecule has 0 saturated carbocycles. The summed E-state index contributed by atoms with van der Waals surface area (Å²) in [6.07, 6.45) is 0. The van der Waals surface area contributed by atoms with E-state index in [0.29, 0.717) is 11.3 Å². The summed E-state index contributed by atoms with van der Waals surface area (Å²) < 4.78 is 18.8. The number of carbonyl (C=O) groups is 2. The maximum Gasteiger partial charge on any atom is 0.394 e. The minimum atomic E-state index is -1.64. The van der Waals surface area contributed by atoms with E-state index in [1.165, 1.54) is 30.3 Å². The van der Waals surface area contributed by atoms with Crippen LogP contribution in [0.1, 0.15) is 5.56 Å². The SMILES string of the molecule is Cc1cc(Oc2c(Cl)cc(NC(=O)C(=O)O)cc2Cl)ccc1F. The number of carboxylic acid groups (broad SMARTS) is 1. The second-order valence-corrected chi connectivity index (χ2v) is 5.36. The van der Waals surface area contributed by atoms with E-state index in [2.05, 4.69) is 5.32 Å². The molecule has 2 rings (SSSR count). The molecule has 0 radical (unpaired) electrons. The molecule has 5 nitrogen and oxygen atoms in total. The van der Waals surface area contributed by atoms with Gasteiger partial charge in [-0.1, -0.05) is 23.2 Å². The molecule has 23 heavy (non-hydrogen) atoms. The fourth-order valence-corrected chi connectivity index (χ4v) is 2.28. The zero-order valence-corrected chi connectivity index (χ0v) is 13.2. The molecule has 0 unspecified atom stereocenters. The summed E-state index contributed by atoms with van der Waals surface area (Å²) >= 11 is 12.1. The Balaban J connectivity index is 2.28. The number of anilines is 1. The summed E-state index contributed by atoms with van der Waals surface area (Å²) in [7, 11) is 0. The first-order chi connectivity index (χ1) is 10.8. The summed E-state index contributed by atoms with van der Waals surface area (Å²) in [6, 6.07) is 6.71. The number of benzene rings is 2. The highest BCUT2D eigenvalue weighted by molar-refractivity contribution is 6.39. The van der Waals surface area contributed by atoms with Crippen LogP contribution in [0.4, 0.5) is 10.1 Å². The van der Waals surface area contributed by atoms with Gasteiger partial charge in [0, 0.05) is 5.69 Å². The maximum absolute atomic E-state index is 13.2. The number of hydrogen-bond acceptors (Lipinski definition) is 3. The summed E-state index contributed by atoms with van der Waals surface area (Å²) in [5, 5.41) is 10.8. The Morgan fingerprint density at radius 1 is 1.17 bits per heavy atom. The van der Waals surface area contributed by atoms with Crippen molar-refractivity contribution in [2.45, 2.75) is 6.92 Å². The van der Waals surface area contributed by atoms with Gasteiger partial charge >= 0.3 is 11.9 Å². The van der Waals surface area contributed by atoms with Gasteiger partial charge in [-0.15, -0.1) is 0 Å². The monoisotopic (exact) mass is 357 g/mol. The smallest absolute Gasteiger partial charge is 0.394 e. The van der Waals surface area contributed by atoms with Gasteiger partial charge in [-0.05, 0) is 42.8 Å². The zero-order chi connectivity index (χ0) is 17.1. The lowest BCUT2D eigenvalue weighted by Crippen LogP contribution is -2.21. The maximum atomic E-state index is 13.2. The van der Waals surface area contributed by atoms with Crippen LogP contribution in [0.5, 0.6) is 11.5 Å². The number of halogens is 3. The minimum Gasteiger partial charge on any atom is -0.474 e. The van der Waals surface area contributed by atoms with Gasteiger partial charge in [0.15, 0.2) is 5.75 Å². The molecule has 0 atom stereocenters. The van der Waals surface area contributed by atoms with Crippen molar-refractivity contribution in [3.8, 4) is 11.5 Å². The van der Waals surface area contributed by atoms with Crippen molar-refractivity contribution in [1.29, 1.82) is 0 Å². The summed E-state index contributed by atoms with van der Waals surface area (Å²) in [5.41, 5.74) is 0.495. The highest BCUT2D eigenvalue weighted by Gasteiger charge is 2.16. The number of ether oxygens (including phenoxy) is 1. The summed E-state index contributed by atoms with van der Waals surface area (Å²) in [4.78, 5) is 21.6. The van der Waals surface area contributed by atoms with E-state index in [1.54, 1.807) is 6.92 Å². The van der Waals surface area contributed by atoms with E-state index in [4.69, 9.17) is 33.0 Å². The predicted octanol–water partition coefficient (Wildman–Crippen LogP) is 4.26. The van der Waals surface area contributed by atoms with Crippen molar-refractivity contribution < 1.29 is 23.8 Å². The first-order valence-electron chi connectivity index (χ1n) is 6.25. The van der Waals surface area contributed by atoms with Gasteiger partial charge in [-0.3, -0.25) is 4.79 Å².